The molecule has 0 aliphatic carbocycles. The van der Waals surface area contributed by atoms with E-state index in [0.717, 1.165) is 0 Å². The van der Waals surface area contributed by atoms with Crippen LogP contribution in [0.15, 0.2) is 61.9 Å². The smallest absolute Gasteiger partial charge is 0.338 e. The second kappa shape index (κ2) is 8.65. The quantitative estimate of drug-likeness (QED) is 0.386. The number of benzene rings is 1. The van der Waals surface area contributed by atoms with E-state index in [2.05, 4.69) is 31.3 Å². The normalized spacial score (nSPS) is 15.7. The van der Waals surface area contributed by atoms with Gasteiger partial charge in [0, 0.05) is 11.4 Å². The minimum absolute atomic E-state index is 0.248. The van der Waals surface area contributed by atoms with E-state index in [1.165, 1.54) is 17.8 Å². The summed E-state index contributed by atoms with van der Waals surface area (Å²) in [6.45, 7) is 3.78. The molecule has 0 spiro atoms. The number of ether oxygens (including phenoxy) is 1. The number of allylic oxidation sites excluding steroid dienone is 1. The molecular formula is C20H18BrFN4O3S. The van der Waals surface area contributed by atoms with Crippen LogP contribution in [0, 0.1) is 5.82 Å². The minimum atomic E-state index is -0.637. The molecule has 1 aliphatic heterocycles. The van der Waals surface area contributed by atoms with Gasteiger partial charge in [0.05, 0.1) is 12.2 Å². The molecule has 1 unspecified atom stereocenters. The van der Waals surface area contributed by atoms with E-state index in [1.807, 2.05) is 0 Å². The molecule has 1 aromatic carbocycles. The van der Waals surface area contributed by atoms with Crippen LogP contribution in [0.1, 0.15) is 31.2 Å². The van der Waals surface area contributed by atoms with Gasteiger partial charge in [-0.05, 0) is 53.5 Å². The molecule has 3 aromatic rings. The third-order valence-electron chi connectivity index (χ3n) is 4.51. The number of esters is 1. The molecule has 1 aliphatic rings. The van der Waals surface area contributed by atoms with Gasteiger partial charge in [0.1, 0.15) is 17.6 Å². The summed E-state index contributed by atoms with van der Waals surface area (Å²) in [5, 5.41) is 8.12. The maximum Gasteiger partial charge on any atom is 0.338 e. The van der Waals surface area contributed by atoms with E-state index >= 15 is 0 Å². The van der Waals surface area contributed by atoms with Gasteiger partial charge in [-0.2, -0.15) is 4.98 Å². The van der Waals surface area contributed by atoms with Crippen molar-refractivity contribution < 1.29 is 18.3 Å². The second-order valence-corrected chi connectivity index (χ2v) is 8.20. The predicted octanol–water partition coefficient (Wildman–Crippen LogP) is 4.92. The maximum absolute atomic E-state index is 13.9. The SMILES string of the molecule is CCOC(=O)C1=C(C)Nc2nc(SCc3ccccc3F)nn2C1c1ccc(Br)o1. The van der Waals surface area contributed by atoms with E-state index in [1.54, 1.807) is 48.9 Å². The second-order valence-electron chi connectivity index (χ2n) is 6.47. The van der Waals surface area contributed by atoms with Crippen molar-refractivity contribution in [1.29, 1.82) is 0 Å². The number of carbonyl (C=O) groups is 1. The van der Waals surface area contributed by atoms with Crippen LogP contribution in [0.5, 0.6) is 0 Å². The van der Waals surface area contributed by atoms with Crippen molar-refractivity contribution in [2.24, 2.45) is 0 Å². The topological polar surface area (TPSA) is 82.2 Å². The van der Waals surface area contributed by atoms with Gasteiger partial charge in [-0.3, -0.25) is 0 Å². The van der Waals surface area contributed by atoms with E-state index in [4.69, 9.17) is 9.15 Å². The lowest BCUT2D eigenvalue weighted by Crippen LogP contribution is -2.29. The Hall–Kier alpha value is -2.59. The summed E-state index contributed by atoms with van der Waals surface area (Å²) in [5.41, 5.74) is 1.56. The van der Waals surface area contributed by atoms with Crippen LogP contribution in [-0.2, 0) is 15.3 Å². The van der Waals surface area contributed by atoms with Crippen molar-refractivity contribution in [2.75, 3.05) is 11.9 Å². The van der Waals surface area contributed by atoms with Crippen molar-refractivity contribution in [1.82, 2.24) is 14.8 Å². The predicted molar refractivity (Wildman–Crippen MR) is 113 cm³/mol. The molecule has 0 amide bonds. The number of halogens is 2. The van der Waals surface area contributed by atoms with Crippen LogP contribution < -0.4 is 5.32 Å². The van der Waals surface area contributed by atoms with E-state index < -0.39 is 12.0 Å². The zero-order chi connectivity index (χ0) is 21.3. The minimum Gasteiger partial charge on any atom is -0.463 e. The largest absolute Gasteiger partial charge is 0.463 e. The van der Waals surface area contributed by atoms with E-state index in [0.29, 0.717) is 44.1 Å². The Morgan fingerprint density at radius 2 is 2.17 bits per heavy atom. The summed E-state index contributed by atoms with van der Waals surface area (Å²) in [4.78, 5) is 17.2. The van der Waals surface area contributed by atoms with Crippen LogP contribution in [0.4, 0.5) is 10.3 Å². The molecule has 4 rings (SSSR count). The van der Waals surface area contributed by atoms with Crippen LogP contribution in [0.2, 0.25) is 0 Å². The number of carbonyl (C=O) groups excluding carboxylic acids is 1. The number of fused-ring (bicyclic) bond motifs is 1. The number of aromatic nitrogens is 3. The van der Waals surface area contributed by atoms with Crippen molar-refractivity contribution in [3.05, 3.63) is 69.5 Å². The van der Waals surface area contributed by atoms with Crippen LogP contribution in [-0.4, -0.2) is 27.3 Å². The number of nitrogens with one attached hydrogen (secondary N) is 1. The molecule has 2 aromatic heterocycles. The molecule has 30 heavy (non-hydrogen) atoms. The highest BCUT2D eigenvalue weighted by atomic mass is 79.9. The van der Waals surface area contributed by atoms with Crippen molar-refractivity contribution in [3.8, 4) is 0 Å². The van der Waals surface area contributed by atoms with Crippen molar-refractivity contribution >= 4 is 39.6 Å². The molecule has 0 fully saturated rings. The van der Waals surface area contributed by atoms with Gasteiger partial charge in [-0.15, -0.1) is 5.10 Å². The summed E-state index contributed by atoms with van der Waals surface area (Å²) in [6, 6.07) is 9.47. The lowest BCUT2D eigenvalue weighted by molar-refractivity contribution is -0.139. The lowest BCUT2D eigenvalue weighted by Gasteiger charge is -2.26. The monoisotopic (exact) mass is 492 g/mol. The molecule has 0 radical (unpaired) electrons. The van der Waals surface area contributed by atoms with Gasteiger partial charge in [0.2, 0.25) is 11.1 Å². The summed E-state index contributed by atoms with van der Waals surface area (Å²) in [7, 11) is 0. The zero-order valence-corrected chi connectivity index (χ0v) is 18.6. The fourth-order valence-corrected chi connectivity index (χ4v) is 4.30. The summed E-state index contributed by atoms with van der Waals surface area (Å²) in [5.74, 6) is 0.635. The Morgan fingerprint density at radius 1 is 1.37 bits per heavy atom. The Kier molecular flexibility index (Phi) is 5.96. The first kappa shape index (κ1) is 20.7. The number of rotatable bonds is 6. The molecule has 0 saturated heterocycles. The number of furan rings is 1. The molecular weight excluding hydrogens is 475 g/mol. The first-order valence-corrected chi connectivity index (χ1v) is 11.0. The molecule has 1 N–H and O–H groups in total. The highest BCUT2D eigenvalue weighted by Crippen LogP contribution is 2.38. The first-order chi connectivity index (χ1) is 14.5. The van der Waals surface area contributed by atoms with Crippen LogP contribution in [0.3, 0.4) is 0 Å². The van der Waals surface area contributed by atoms with Crippen molar-refractivity contribution in [3.63, 3.8) is 0 Å². The Labute approximate surface area is 184 Å². The van der Waals surface area contributed by atoms with Crippen LogP contribution in [0.25, 0.3) is 0 Å². The van der Waals surface area contributed by atoms with E-state index in [9.17, 15) is 9.18 Å². The van der Waals surface area contributed by atoms with Crippen LogP contribution >= 0.6 is 27.7 Å². The number of nitrogens with zero attached hydrogens (tertiary/aromatic N) is 3. The maximum atomic E-state index is 13.9. The fourth-order valence-electron chi connectivity index (χ4n) is 3.16. The number of hydrogen-bond acceptors (Lipinski definition) is 7. The number of thioether (sulfide) groups is 1. The fraction of sp³-hybridized carbons (Fsp3) is 0.250. The van der Waals surface area contributed by atoms with Gasteiger partial charge in [-0.1, -0.05) is 30.0 Å². The van der Waals surface area contributed by atoms with Gasteiger partial charge in [-0.25, -0.2) is 13.9 Å². The van der Waals surface area contributed by atoms with Gasteiger partial charge >= 0.3 is 5.97 Å². The number of anilines is 1. The third kappa shape index (κ3) is 4.01. The van der Waals surface area contributed by atoms with Gasteiger partial charge < -0.3 is 14.5 Å². The molecule has 7 nitrogen and oxygen atoms in total. The average Bonchev–Trinajstić information content (AvgIpc) is 3.32. The van der Waals surface area contributed by atoms with Crippen molar-refractivity contribution in [2.45, 2.75) is 30.8 Å². The summed E-state index contributed by atoms with van der Waals surface area (Å²) < 4.78 is 27.0. The third-order valence-corrected chi connectivity index (χ3v) is 5.82. The Bertz CT molecular complexity index is 1130. The average molecular weight is 493 g/mol. The zero-order valence-electron chi connectivity index (χ0n) is 16.2. The van der Waals surface area contributed by atoms with Gasteiger partial charge in [0.25, 0.3) is 0 Å². The Balaban J connectivity index is 1.68. The molecule has 1 atom stereocenters. The highest BCUT2D eigenvalue weighted by Gasteiger charge is 2.37. The first-order valence-electron chi connectivity index (χ1n) is 9.20. The Morgan fingerprint density at radius 3 is 2.87 bits per heavy atom. The molecule has 0 saturated carbocycles. The van der Waals surface area contributed by atoms with Gasteiger partial charge in [0.15, 0.2) is 4.67 Å². The molecule has 0 bridgehead atoms. The number of hydrogen-bond donors (Lipinski definition) is 1. The summed E-state index contributed by atoms with van der Waals surface area (Å²) >= 11 is 4.61. The molecule has 156 valence electrons. The van der Waals surface area contributed by atoms with E-state index in [-0.39, 0.29) is 12.4 Å². The summed E-state index contributed by atoms with van der Waals surface area (Å²) in [6.07, 6.45) is 0. The highest BCUT2D eigenvalue weighted by molar-refractivity contribution is 9.10. The molecule has 10 heteroatoms. The lowest BCUT2D eigenvalue weighted by atomic mass is 10.0. The molecule has 3 heterocycles. The standard InChI is InChI=1S/C20H18BrFN4O3S/c1-3-28-18(27)16-11(2)23-19-24-20(30-10-12-6-4-5-7-13(12)22)25-26(19)17(16)14-8-9-15(21)29-14/h4-9,17H,3,10H2,1-2H3,(H,23,24,25).